The first-order valence-electron chi connectivity index (χ1n) is 7.52. The number of halogens is 1. The van der Waals surface area contributed by atoms with E-state index in [9.17, 15) is 4.79 Å². The summed E-state index contributed by atoms with van der Waals surface area (Å²) in [6.07, 6.45) is 3.04. The molecule has 0 saturated heterocycles. The Kier molecular flexibility index (Phi) is 6.51. The molecule has 0 bridgehead atoms. The number of fused-ring (bicyclic) bond motifs is 1. The minimum atomic E-state index is -0.00481. The lowest BCUT2D eigenvalue weighted by atomic mass is 9.94. The fourth-order valence-corrected chi connectivity index (χ4v) is 3.49. The molecule has 3 rings (SSSR count). The molecule has 0 aliphatic carbocycles. The monoisotopic (exact) mass is 348 g/mol. The number of hydrogen-bond donors (Lipinski definition) is 2. The Hall–Kier alpha value is -1.49. The average molecular weight is 349 g/mol. The Balaban J connectivity index is 0.00000192. The Labute approximate surface area is 147 Å². The van der Waals surface area contributed by atoms with Crippen molar-refractivity contribution in [3.8, 4) is 0 Å². The van der Waals surface area contributed by atoms with Crippen molar-refractivity contribution < 1.29 is 4.79 Å². The molecule has 0 spiro atoms. The van der Waals surface area contributed by atoms with Crippen LogP contribution in [0.25, 0.3) is 0 Å². The fraction of sp³-hybridized carbons (Fsp3) is 0.278. The number of nitrogens with one attached hydrogen (secondary N) is 2. The highest BCUT2D eigenvalue weighted by atomic mass is 35.5. The zero-order valence-corrected chi connectivity index (χ0v) is 14.7. The maximum atomic E-state index is 12.4. The number of thioether (sulfide) groups is 1. The van der Waals surface area contributed by atoms with E-state index in [0.29, 0.717) is 6.54 Å². The smallest absolute Gasteiger partial charge is 0.252 e. The second-order valence-corrected chi connectivity index (χ2v) is 6.21. The van der Waals surface area contributed by atoms with Gasteiger partial charge in [-0.05, 0) is 42.5 Å². The highest BCUT2D eigenvalue weighted by Gasteiger charge is 2.20. The van der Waals surface area contributed by atoms with Crippen LogP contribution in [0, 0.1) is 0 Å². The van der Waals surface area contributed by atoms with Gasteiger partial charge in [0.05, 0.1) is 5.56 Å². The Morgan fingerprint density at radius 3 is 2.78 bits per heavy atom. The fourth-order valence-electron chi connectivity index (χ4n) is 2.90. The molecule has 1 aliphatic rings. The third kappa shape index (κ3) is 4.08. The van der Waals surface area contributed by atoms with E-state index in [2.05, 4.69) is 34.9 Å². The van der Waals surface area contributed by atoms with Gasteiger partial charge in [-0.1, -0.05) is 36.4 Å². The van der Waals surface area contributed by atoms with E-state index in [1.807, 2.05) is 30.5 Å². The molecule has 122 valence electrons. The number of amides is 1. The van der Waals surface area contributed by atoms with Gasteiger partial charge in [-0.15, -0.1) is 24.2 Å². The summed E-state index contributed by atoms with van der Waals surface area (Å²) in [6, 6.07) is 16.4. The first kappa shape index (κ1) is 17.9. The Morgan fingerprint density at radius 1 is 1.22 bits per heavy atom. The second kappa shape index (κ2) is 8.39. The molecule has 1 heterocycles. The summed E-state index contributed by atoms with van der Waals surface area (Å²) in [6.45, 7) is 1.57. The number of carbonyl (C=O) groups excluding carboxylic acids is 1. The van der Waals surface area contributed by atoms with Gasteiger partial charge in [0.2, 0.25) is 0 Å². The Bertz CT molecular complexity index is 678. The van der Waals surface area contributed by atoms with Crippen molar-refractivity contribution in [3.05, 3.63) is 65.2 Å². The molecular weight excluding hydrogens is 328 g/mol. The van der Waals surface area contributed by atoms with Gasteiger partial charge in [0, 0.05) is 17.5 Å². The topological polar surface area (TPSA) is 41.1 Å². The zero-order chi connectivity index (χ0) is 15.4. The maximum Gasteiger partial charge on any atom is 0.252 e. The van der Waals surface area contributed by atoms with Crippen molar-refractivity contribution in [2.75, 3.05) is 19.3 Å². The molecule has 2 aromatic carbocycles. The zero-order valence-electron chi connectivity index (χ0n) is 13.0. The van der Waals surface area contributed by atoms with Crippen LogP contribution in [0.5, 0.6) is 0 Å². The van der Waals surface area contributed by atoms with Crippen LogP contribution in [0.2, 0.25) is 0 Å². The summed E-state index contributed by atoms with van der Waals surface area (Å²) in [7, 11) is 0. The van der Waals surface area contributed by atoms with Crippen LogP contribution in [-0.4, -0.2) is 25.3 Å². The first-order chi connectivity index (χ1) is 10.8. The minimum Gasteiger partial charge on any atom is -0.350 e. The lowest BCUT2D eigenvalue weighted by Gasteiger charge is -2.27. The normalized spacial score (nSPS) is 16.1. The number of hydrogen-bond acceptors (Lipinski definition) is 3. The van der Waals surface area contributed by atoms with Gasteiger partial charge in [0.15, 0.2) is 0 Å². The summed E-state index contributed by atoms with van der Waals surface area (Å²) in [5, 5.41) is 6.56. The van der Waals surface area contributed by atoms with Crippen LogP contribution in [0.1, 0.15) is 27.5 Å². The summed E-state index contributed by atoms with van der Waals surface area (Å²) in [5.74, 6) is -0.00481. The lowest BCUT2D eigenvalue weighted by molar-refractivity contribution is 0.0946. The molecule has 1 atom stereocenters. The predicted octanol–water partition coefficient (Wildman–Crippen LogP) is 3.45. The van der Waals surface area contributed by atoms with E-state index in [4.69, 9.17) is 0 Å². The van der Waals surface area contributed by atoms with E-state index in [0.717, 1.165) is 23.4 Å². The predicted molar refractivity (Wildman–Crippen MR) is 98.7 cm³/mol. The summed E-state index contributed by atoms with van der Waals surface area (Å²) < 4.78 is 0. The molecule has 2 aromatic rings. The largest absolute Gasteiger partial charge is 0.350 e. The molecule has 1 amide bonds. The molecule has 0 fully saturated rings. The van der Waals surface area contributed by atoms with Crippen LogP contribution in [-0.2, 0) is 6.42 Å². The van der Waals surface area contributed by atoms with Gasteiger partial charge in [-0.2, -0.15) is 0 Å². The first-order valence-corrected chi connectivity index (χ1v) is 8.74. The summed E-state index contributed by atoms with van der Waals surface area (Å²) in [4.78, 5) is 13.4. The third-order valence-corrected chi connectivity index (χ3v) is 4.83. The molecule has 23 heavy (non-hydrogen) atoms. The van der Waals surface area contributed by atoms with Crippen LogP contribution < -0.4 is 10.6 Å². The van der Waals surface area contributed by atoms with Crippen molar-refractivity contribution >= 4 is 30.1 Å². The van der Waals surface area contributed by atoms with E-state index < -0.39 is 0 Å². The molecule has 1 aliphatic heterocycles. The van der Waals surface area contributed by atoms with Crippen molar-refractivity contribution in [1.82, 2.24) is 10.6 Å². The highest BCUT2D eigenvalue weighted by molar-refractivity contribution is 7.98. The summed E-state index contributed by atoms with van der Waals surface area (Å²) in [5.41, 5.74) is 3.43. The number of rotatable bonds is 4. The minimum absolute atomic E-state index is 0. The highest BCUT2D eigenvalue weighted by Crippen LogP contribution is 2.23. The van der Waals surface area contributed by atoms with E-state index in [-0.39, 0.29) is 24.4 Å². The number of benzene rings is 2. The van der Waals surface area contributed by atoms with Crippen molar-refractivity contribution in [3.63, 3.8) is 0 Å². The van der Waals surface area contributed by atoms with Gasteiger partial charge in [0.25, 0.3) is 5.91 Å². The molecule has 2 N–H and O–H groups in total. The summed E-state index contributed by atoms with van der Waals surface area (Å²) >= 11 is 1.60. The van der Waals surface area contributed by atoms with Crippen LogP contribution in [0.4, 0.5) is 0 Å². The molecule has 0 saturated carbocycles. The second-order valence-electron chi connectivity index (χ2n) is 5.37. The van der Waals surface area contributed by atoms with Crippen molar-refractivity contribution in [1.29, 1.82) is 0 Å². The van der Waals surface area contributed by atoms with Gasteiger partial charge < -0.3 is 10.6 Å². The van der Waals surface area contributed by atoms with Crippen LogP contribution in [0.3, 0.4) is 0 Å². The molecular formula is C18H21ClN2OS. The van der Waals surface area contributed by atoms with Gasteiger partial charge in [0.1, 0.15) is 0 Å². The van der Waals surface area contributed by atoms with Crippen molar-refractivity contribution in [2.24, 2.45) is 0 Å². The van der Waals surface area contributed by atoms with E-state index in [1.54, 1.807) is 11.8 Å². The molecule has 0 radical (unpaired) electrons. The maximum absolute atomic E-state index is 12.4. The molecule has 0 aromatic heterocycles. The van der Waals surface area contributed by atoms with Gasteiger partial charge >= 0.3 is 0 Å². The number of carbonyl (C=O) groups is 1. The van der Waals surface area contributed by atoms with Crippen LogP contribution >= 0.6 is 24.2 Å². The Morgan fingerprint density at radius 2 is 1.96 bits per heavy atom. The molecule has 5 heteroatoms. The quantitative estimate of drug-likeness (QED) is 0.831. The third-order valence-electron chi connectivity index (χ3n) is 4.03. The van der Waals surface area contributed by atoms with Crippen molar-refractivity contribution in [2.45, 2.75) is 17.4 Å². The SMILES string of the molecule is CSc1ccccc1C(=O)NCC1NCCc2ccccc21.Cl. The van der Waals surface area contributed by atoms with E-state index in [1.165, 1.54) is 11.1 Å². The van der Waals surface area contributed by atoms with Gasteiger partial charge in [-0.3, -0.25) is 4.79 Å². The average Bonchev–Trinajstić information content (AvgIpc) is 2.59. The standard InChI is InChI=1S/C18H20N2OS.ClH/c1-22-17-9-5-4-8-15(17)18(21)20-12-16-14-7-3-2-6-13(14)10-11-19-16;/h2-9,16,19H,10-12H2,1H3,(H,20,21);1H. The van der Waals surface area contributed by atoms with Crippen LogP contribution in [0.15, 0.2) is 53.4 Å². The molecule has 3 nitrogen and oxygen atoms in total. The lowest BCUT2D eigenvalue weighted by Crippen LogP contribution is -2.38. The molecule has 1 unspecified atom stereocenters. The van der Waals surface area contributed by atoms with Gasteiger partial charge in [-0.25, -0.2) is 0 Å². The van der Waals surface area contributed by atoms with E-state index >= 15 is 0 Å².